The van der Waals surface area contributed by atoms with E-state index in [-0.39, 0.29) is 18.2 Å². The van der Waals surface area contributed by atoms with Crippen LogP contribution in [0.15, 0.2) is 152 Å². The van der Waals surface area contributed by atoms with E-state index >= 15 is 0 Å². The van der Waals surface area contributed by atoms with Crippen molar-refractivity contribution in [3.8, 4) is 0 Å². The minimum absolute atomic E-state index is 0.100. The smallest absolute Gasteiger partial charge is 0.337 e. The van der Waals surface area contributed by atoms with E-state index in [0.29, 0.717) is 22.3 Å². The number of carbonyl (C=O) groups is 3. The van der Waals surface area contributed by atoms with Crippen LogP contribution in [0.5, 0.6) is 0 Å². The third-order valence-corrected chi connectivity index (χ3v) is 7.80. The Bertz CT molecular complexity index is 1700. The van der Waals surface area contributed by atoms with Crippen molar-refractivity contribution in [3.05, 3.63) is 179 Å². The van der Waals surface area contributed by atoms with Gasteiger partial charge in [0.25, 0.3) is 11.8 Å². The van der Waals surface area contributed by atoms with Crippen LogP contribution in [0.25, 0.3) is 0 Å². The number of amides is 2. The first-order valence-electron chi connectivity index (χ1n) is 14.2. The number of carbonyl (C=O) groups excluding carboxylic acids is 3. The minimum Gasteiger partial charge on any atom is -0.435 e. The summed E-state index contributed by atoms with van der Waals surface area (Å²) in [5.74, 6) is -1.35. The Morgan fingerprint density at radius 2 is 1.16 bits per heavy atom. The third kappa shape index (κ3) is 5.43. The van der Waals surface area contributed by atoms with Gasteiger partial charge in [0.1, 0.15) is 0 Å². The van der Waals surface area contributed by atoms with Gasteiger partial charge in [0.05, 0.1) is 6.04 Å². The molecule has 6 heteroatoms. The van der Waals surface area contributed by atoms with Gasteiger partial charge >= 0.3 is 5.97 Å². The number of hydrogen-bond donors (Lipinski definition) is 1. The Balaban J connectivity index is 1.60. The molecule has 0 saturated carbocycles. The summed E-state index contributed by atoms with van der Waals surface area (Å²) in [5.41, 5.74) is 1.32. The molecule has 0 bridgehead atoms. The highest BCUT2D eigenvalue weighted by molar-refractivity contribution is 6.01. The number of rotatable bonds is 8. The maximum atomic E-state index is 14.7. The van der Waals surface area contributed by atoms with E-state index in [1.165, 1.54) is 4.90 Å². The van der Waals surface area contributed by atoms with Gasteiger partial charge in [0.15, 0.2) is 5.54 Å². The molecule has 0 aromatic heterocycles. The van der Waals surface area contributed by atoms with Crippen LogP contribution in [0.4, 0.5) is 0 Å². The number of ether oxygens (including phenoxy) is 1. The van der Waals surface area contributed by atoms with E-state index in [1.807, 2.05) is 103 Å². The highest BCUT2D eigenvalue weighted by atomic mass is 16.6. The van der Waals surface area contributed by atoms with Crippen molar-refractivity contribution in [1.29, 1.82) is 0 Å². The molecule has 1 fully saturated rings. The van der Waals surface area contributed by atoms with Crippen molar-refractivity contribution >= 4 is 17.8 Å². The van der Waals surface area contributed by atoms with Gasteiger partial charge < -0.3 is 10.1 Å². The second-order valence-electron chi connectivity index (χ2n) is 10.5. The standard InChI is InChI=1S/C37H30N2O4/c40-33(29-20-10-3-11-21-29)38-32(28-18-8-2-9-19-28)37(26-27-16-6-1-7-17-27)36(42)43-35(31-24-14-5-15-25-31)39(37)34(41)30-22-12-4-13-23-30/h1-25,32,35H,26H2,(H,38,40)/t32-,35+,37-/m0/s1. The van der Waals surface area contributed by atoms with Crippen molar-refractivity contribution in [3.63, 3.8) is 0 Å². The summed E-state index contributed by atoms with van der Waals surface area (Å²) in [6.07, 6.45) is -0.923. The Kier molecular flexibility index (Phi) is 7.83. The van der Waals surface area contributed by atoms with E-state index in [9.17, 15) is 14.4 Å². The van der Waals surface area contributed by atoms with Crippen LogP contribution in [0, 0.1) is 0 Å². The first kappa shape index (κ1) is 27.7. The van der Waals surface area contributed by atoms with Gasteiger partial charge in [-0.25, -0.2) is 4.79 Å². The summed E-state index contributed by atoms with van der Waals surface area (Å²) in [5, 5.41) is 3.16. The zero-order chi connectivity index (χ0) is 29.6. The third-order valence-electron chi connectivity index (χ3n) is 7.80. The summed E-state index contributed by atoms with van der Waals surface area (Å²) in [6.45, 7) is 0. The molecule has 1 aliphatic rings. The molecule has 0 unspecified atom stereocenters. The Labute approximate surface area is 250 Å². The highest BCUT2D eigenvalue weighted by Gasteiger charge is 2.63. The molecule has 5 aromatic rings. The quantitative estimate of drug-likeness (QED) is 0.217. The molecule has 43 heavy (non-hydrogen) atoms. The van der Waals surface area contributed by atoms with Crippen LogP contribution in [0.2, 0.25) is 0 Å². The molecule has 1 aliphatic heterocycles. The number of esters is 1. The average Bonchev–Trinajstić information content (AvgIpc) is 3.37. The fraction of sp³-hybridized carbons (Fsp3) is 0.108. The van der Waals surface area contributed by atoms with E-state index in [4.69, 9.17) is 4.74 Å². The molecule has 1 N–H and O–H groups in total. The maximum Gasteiger partial charge on any atom is 0.337 e. The van der Waals surface area contributed by atoms with Gasteiger partial charge in [0, 0.05) is 23.1 Å². The Hall–Kier alpha value is -5.49. The number of nitrogens with one attached hydrogen (secondary N) is 1. The van der Waals surface area contributed by atoms with E-state index in [0.717, 1.165) is 5.56 Å². The molecule has 212 valence electrons. The number of cyclic esters (lactones) is 1. The van der Waals surface area contributed by atoms with Crippen LogP contribution in [-0.2, 0) is 16.0 Å². The Morgan fingerprint density at radius 3 is 1.74 bits per heavy atom. The second kappa shape index (κ2) is 12.2. The lowest BCUT2D eigenvalue weighted by Crippen LogP contribution is -2.61. The van der Waals surface area contributed by atoms with Crippen molar-refractivity contribution in [1.82, 2.24) is 10.2 Å². The van der Waals surface area contributed by atoms with Gasteiger partial charge in [-0.2, -0.15) is 0 Å². The van der Waals surface area contributed by atoms with Gasteiger partial charge in [-0.3, -0.25) is 14.5 Å². The molecule has 2 amide bonds. The first-order valence-corrected chi connectivity index (χ1v) is 14.2. The lowest BCUT2D eigenvalue weighted by Gasteiger charge is -2.42. The molecule has 0 aliphatic carbocycles. The fourth-order valence-corrected chi connectivity index (χ4v) is 5.76. The minimum atomic E-state index is -1.65. The number of benzene rings is 5. The van der Waals surface area contributed by atoms with E-state index in [2.05, 4.69) is 5.32 Å². The van der Waals surface area contributed by atoms with Crippen LogP contribution >= 0.6 is 0 Å². The molecule has 3 atom stereocenters. The zero-order valence-electron chi connectivity index (χ0n) is 23.4. The van der Waals surface area contributed by atoms with Crippen molar-refractivity contribution in [2.24, 2.45) is 0 Å². The van der Waals surface area contributed by atoms with Crippen molar-refractivity contribution in [2.75, 3.05) is 0 Å². The van der Waals surface area contributed by atoms with Crippen molar-refractivity contribution in [2.45, 2.75) is 24.2 Å². The summed E-state index contributed by atoms with van der Waals surface area (Å²) in [6, 6.07) is 44.8. The summed E-state index contributed by atoms with van der Waals surface area (Å²) >= 11 is 0. The Morgan fingerprint density at radius 1 is 0.674 bits per heavy atom. The monoisotopic (exact) mass is 566 g/mol. The molecular weight excluding hydrogens is 536 g/mol. The van der Waals surface area contributed by atoms with E-state index < -0.39 is 23.8 Å². The molecule has 1 heterocycles. The van der Waals surface area contributed by atoms with Crippen LogP contribution in [0.1, 0.15) is 49.7 Å². The molecule has 5 aromatic carbocycles. The normalized spacial score (nSPS) is 18.5. The predicted octanol–water partition coefficient (Wildman–Crippen LogP) is 6.54. The molecule has 6 rings (SSSR count). The predicted molar refractivity (Wildman–Crippen MR) is 164 cm³/mol. The summed E-state index contributed by atoms with van der Waals surface area (Å²) in [7, 11) is 0. The van der Waals surface area contributed by atoms with Gasteiger partial charge in [-0.05, 0) is 35.4 Å². The summed E-state index contributed by atoms with van der Waals surface area (Å²) in [4.78, 5) is 44.6. The molecule has 0 radical (unpaired) electrons. The van der Waals surface area contributed by atoms with Crippen LogP contribution < -0.4 is 5.32 Å². The molecule has 1 saturated heterocycles. The van der Waals surface area contributed by atoms with E-state index in [1.54, 1.807) is 48.5 Å². The molecule has 6 nitrogen and oxygen atoms in total. The highest BCUT2D eigenvalue weighted by Crippen LogP contribution is 2.48. The second-order valence-corrected chi connectivity index (χ2v) is 10.5. The van der Waals surface area contributed by atoms with Crippen molar-refractivity contribution < 1.29 is 19.1 Å². The van der Waals surface area contributed by atoms with Crippen LogP contribution in [0.3, 0.4) is 0 Å². The summed E-state index contributed by atoms with van der Waals surface area (Å²) < 4.78 is 6.20. The lowest BCUT2D eigenvalue weighted by atomic mass is 9.78. The lowest BCUT2D eigenvalue weighted by molar-refractivity contribution is -0.146. The molecule has 0 spiro atoms. The maximum absolute atomic E-state index is 14.7. The molecular formula is C37H30N2O4. The van der Waals surface area contributed by atoms with Gasteiger partial charge in [0.2, 0.25) is 6.23 Å². The topological polar surface area (TPSA) is 75.7 Å². The largest absolute Gasteiger partial charge is 0.435 e. The number of hydrogen-bond acceptors (Lipinski definition) is 4. The number of nitrogens with zero attached hydrogens (tertiary/aromatic N) is 1. The average molecular weight is 567 g/mol. The van der Waals surface area contributed by atoms with Gasteiger partial charge in [-0.15, -0.1) is 0 Å². The fourth-order valence-electron chi connectivity index (χ4n) is 5.76. The SMILES string of the molecule is O=C(N[C@@H](c1ccccc1)[C@@]1(Cc2ccccc2)C(=O)O[C@H](c2ccccc2)N1C(=O)c1ccccc1)c1ccccc1. The zero-order valence-corrected chi connectivity index (χ0v) is 23.4. The van der Waals surface area contributed by atoms with Gasteiger partial charge in [-0.1, -0.05) is 127 Å². The first-order chi connectivity index (χ1) is 21.1. The van der Waals surface area contributed by atoms with Crippen LogP contribution in [-0.4, -0.2) is 28.2 Å².